The van der Waals surface area contributed by atoms with Crippen molar-refractivity contribution in [1.82, 2.24) is 5.32 Å². The van der Waals surface area contributed by atoms with Crippen molar-refractivity contribution in [3.8, 4) is 0 Å². The lowest BCUT2D eigenvalue weighted by Crippen LogP contribution is -2.50. The summed E-state index contributed by atoms with van der Waals surface area (Å²) in [5, 5.41) is 3.60. The van der Waals surface area contributed by atoms with Gasteiger partial charge < -0.3 is 10.2 Å². The van der Waals surface area contributed by atoms with E-state index in [1.807, 2.05) is 0 Å². The zero-order chi connectivity index (χ0) is 12.3. The van der Waals surface area contributed by atoms with Gasteiger partial charge in [-0.1, -0.05) is 19.4 Å². The molecule has 1 aromatic rings. The first-order valence-electron chi connectivity index (χ1n) is 6.76. The number of rotatable bonds is 3. The molecule has 2 rings (SSSR count). The van der Waals surface area contributed by atoms with Crippen LogP contribution in [0.3, 0.4) is 0 Å². The van der Waals surface area contributed by atoms with E-state index in [9.17, 15) is 0 Å². The first-order chi connectivity index (χ1) is 8.20. The number of hydrogen-bond donors (Lipinski definition) is 1. The van der Waals surface area contributed by atoms with E-state index in [4.69, 9.17) is 0 Å². The van der Waals surface area contributed by atoms with Crippen molar-refractivity contribution in [2.75, 3.05) is 24.5 Å². The van der Waals surface area contributed by atoms with Gasteiger partial charge in [-0.15, -0.1) is 0 Å². The van der Waals surface area contributed by atoms with Crippen LogP contribution in [0, 0.1) is 13.8 Å². The van der Waals surface area contributed by atoms with Crippen LogP contribution < -0.4 is 10.2 Å². The molecule has 1 saturated heterocycles. The van der Waals surface area contributed by atoms with Crippen LogP contribution in [0.15, 0.2) is 18.2 Å². The molecule has 0 radical (unpaired) electrons. The second kappa shape index (κ2) is 5.54. The van der Waals surface area contributed by atoms with Crippen LogP contribution in [0.5, 0.6) is 0 Å². The predicted molar refractivity (Wildman–Crippen MR) is 74.8 cm³/mol. The highest BCUT2D eigenvalue weighted by atomic mass is 15.2. The molecule has 17 heavy (non-hydrogen) atoms. The maximum atomic E-state index is 3.60. The van der Waals surface area contributed by atoms with Gasteiger partial charge in [0.2, 0.25) is 0 Å². The molecule has 1 aliphatic heterocycles. The number of anilines is 1. The summed E-state index contributed by atoms with van der Waals surface area (Å²) in [5.74, 6) is 0. The van der Waals surface area contributed by atoms with E-state index in [0.29, 0.717) is 6.04 Å². The van der Waals surface area contributed by atoms with E-state index in [-0.39, 0.29) is 0 Å². The number of piperazine rings is 1. The normalized spacial score (nSPS) is 20.6. The quantitative estimate of drug-likeness (QED) is 0.862. The smallest absolute Gasteiger partial charge is 0.0370 e. The Labute approximate surface area is 105 Å². The Morgan fingerprint density at radius 2 is 2.12 bits per heavy atom. The first kappa shape index (κ1) is 12.4. The number of nitrogens with one attached hydrogen (secondary N) is 1. The van der Waals surface area contributed by atoms with E-state index in [2.05, 4.69) is 49.2 Å². The molecule has 0 spiro atoms. The third kappa shape index (κ3) is 3.01. The molecule has 0 aromatic heterocycles. The van der Waals surface area contributed by atoms with Gasteiger partial charge in [-0.05, 0) is 43.5 Å². The number of benzene rings is 1. The van der Waals surface area contributed by atoms with Gasteiger partial charge in [-0.25, -0.2) is 0 Å². The lowest BCUT2D eigenvalue weighted by Gasteiger charge is -2.35. The van der Waals surface area contributed by atoms with Gasteiger partial charge >= 0.3 is 0 Å². The van der Waals surface area contributed by atoms with Crippen LogP contribution in [0.2, 0.25) is 0 Å². The van der Waals surface area contributed by atoms with E-state index >= 15 is 0 Å². The fourth-order valence-corrected chi connectivity index (χ4v) is 2.52. The van der Waals surface area contributed by atoms with E-state index < -0.39 is 0 Å². The molecule has 1 aromatic carbocycles. The summed E-state index contributed by atoms with van der Waals surface area (Å²) in [6, 6.07) is 7.48. The first-order valence-corrected chi connectivity index (χ1v) is 6.76. The van der Waals surface area contributed by atoms with Crippen molar-refractivity contribution in [1.29, 1.82) is 0 Å². The Balaban J connectivity index is 2.08. The summed E-state index contributed by atoms with van der Waals surface area (Å²) >= 11 is 0. The van der Waals surface area contributed by atoms with Crippen LogP contribution in [0.1, 0.15) is 30.9 Å². The van der Waals surface area contributed by atoms with Crippen molar-refractivity contribution >= 4 is 5.69 Å². The SMILES string of the molecule is CCCC1CN(c2ccc(C)c(C)c2)CCN1. The summed E-state index contributed by atoms with van der Waals surface area (Å²) in [7, 11) is 0. The highest BCUT2D eigenvalue weighted by Crippen LogP contribution is 2.20. The predicted octanol–water partition coefficient (Wildman–Crippen LogP) is 2.88. The molecule has 2 nitrogen and oxygen atoms in total. The summed E-state index contributed by atoms with van der Waals surface area (Å²) in [5.41, 5.74) is 4.16. The Kier molecular flexibility index (Phi) is 4.06. The highest BCUT2D eigenvalue weighted by molar-refractivity contribution is 5.51. The summed E-state index contributed by atoms with van der Waals surface area (Å²) in [4.78, 5) is 2.52. The molecular weight excluding hydrogens is 208 g/mol. The lowest BCUT2D eigenvalue weighted by molar-refractivity contribution is 0.431. The molecule has 0 saturated carbocycles. The van der Waals surface area contributed by atoms with Crippen molar-refractivity contribution in [2.45, 2.75) is 39.7 Å². The van der Waals surface area contributed by atoms with Crippen LogP contribution in [-0.2, 0) is 0 Å². The van der Waals surface area contributed by atoms with Gasteiger partial charge in [-0.2, -0.15) is 0 Å². The second-order valence-corrected chi connectivity index (χ2v) is 5.15. The standard InChI is InChI=1S/C15H24N2/c1-4-5-14-11-17(9-8-16-14)15-7-6-12(2)13(3)10-15/h6-7,10,14,16H,4-5,8-9,11H2,1-3H3. The van der Waals surface area contributed by atoms with E-state index in [1.54, 1.807) is 0 Å². The molecular formula is C15H24N2. The van der Waals surface area contributed by atoms with Gasteiger partial charge in [0.25, 0.3) is 0 Å². The van der Waals surface area contributed by atoms with E-state index in [1.165, 1.54) is 29.7 Å². The molecule has 94 valence electrons. The largest absolute Gasteiger partial charge is 0.369 e. The average molecular weight is 232 g/mol. The topological polar surface area (TPSA) is 15.3 Å². The molecule has 0 aliphatic carbocycles. The number of aryl methyl sites for hydroxylation is 2. The maximum absolute atomic E-state index is 3.60. The zero-order valence-corrected chi connectivity index (χ0v) is 11.3. The third-order valence-electron chi connectivity index (χ3n) is 3.75. The van der Waals surface area contributed by atoms with Crippen molar-refractivity contribution in [3.63, 3.8) is 0 Å². The minimum absolute atomic E-state index is 0.662. The molecule has 0 amide bonds. The lowest BCUT2D eigenvalue weighted by atomic mass is 10.1. The molecule has 1 N–H and O–H groups in total. The molecule has 0 bridgehead atoms. The van der Waals surface area contributed by atoms with Gasteiger partial charge in [0.05, 0.1) is 0 Å². The van der Waals surface area contributed by atoms with Gasteiger partial charge in [0.15, 0.2) is 0 Å². The summed E-state index contributed by atoms with van der Waals surface area (Å²) in [6.45, 7) is 10.0. The molecule has 1 atom stereocenters. The second-order valence-electron chi connectivity index (χ2n) is 5.15. The Hall–Kier alpha value is -1.02. The Morgan fingerprint density at radius 3 is 2.82 bits per heavy atom. The number of hydrogen-bond acceptors (Lipinski definition) is 2. The minimum Gasteiger partial charge on any atom is -0.369 e. The van der Waals surface area contributed by atoms with E-state index in [0.717, 1.165) is 19.6 Å². The number of nitrogens with zero attached hydrogens (tertiary/aromatic N) is 1. The maximum Gasteiger partial charge on any atom is 0.0370 e. The van der Waals surface area contributed by atoms with Crippen LogP contribution in [-0.4, -0.2) is 25.7 Å². The summed E-state index contributed by atoms with van der Waals surface area (Å²) < 4.78 is 0. The molecule has 1 fully saturated rings. The van der Waals surface area contributed by atoms with Gasteiger partial charge in [0, 0.05) is 31.4 Å². The van der Waals surface area contributed by atoms with Crippen LogP contribution in [0.25, 0.3) is 0 Å². The zero-order valence-electron chi connectivity index (χ0n) is 11.3. The molecule has 1 heterocycles. The highest BCUT2D eigenvalue weighted by Gasteiger charge is 2.18. The van der Waals surface area contributed by atoms with Crippen LogP contribution >= 0.6 is 0 Å². The summed E-state index contributed by atoms with van der Waals surface area (Å²) in [6.07, 6.45) is 2.54. The Morgan fingerprint density at radius 1 is 1.29 bits per heavy atom. The van der Waals surface area contributed by atoms with Crippen molar-refractivity contribution < 1.29 is 0 Å². The van der Waals surface area contributed by atoms with Gasteiger partial charge in [0.1, 0.15) is 0 Å². The monoisotopic (exact) mass is 232 g/mol. The molecule has 1 unspecified atom stereocenters. The average Bonchev–Trinajstić information content (AvgIpc) is 2.33. The Bertz CT molecular complexity index is 371. The molecule has 2 heteroatoms. The van der Waals surface area contributed by atoms with Gasteiger partial charge in [-0.3, -0.25) is 0 Å². The minimum atomic E-state index is 0.662. The molecule has 1 aliphatic rings. The van der Waals surface area contributed by atoms with Crippen molar-refractivity contribution in [2.24, 2.45) is 0 Å². The fraction of sp³-hybridized carbons (Fsp3) is 0.600. The van der Waals surface area contributed by atoms with Crippen molar-refractivity contribution in [3.05, 3.63) is 29.3 Å². The van der Waals surface area contributed by atoms with Crippen LogP contribution in [0.4, 0.5) is 5.69 Å². The fourth-order valence-electron chi connectivity index (χ4n) is 2.52. The third-order valence-corrected chi connectivity index (χ3v) is 3.75.